The normalized spacial score (nSPS) is 11.4. The highest BCUT2D eigenvalue weighted by atomic mass is 16.3. The third kappa shape index (κ3) is 3.38. The summed E-state index contributed by atoms with van der Waals surface area (Å²) in [6, 6.07) is 3.85. The molecule has 4 rings (SSSR count). The first-order valence-corrected chi connectivity index (χ1v) is 9.29. The van der Waals surface area contributed by atoms with Crippen LogP contribution in [0.2, 0.25) is 0 Å². The van der Waals surface area contributed by atoms with E-state index in [1.807, 2.05) is 29.3 Å². The number of pyridine rings is 1. The molecule has 0 amide bonds. The molecule has 0 saturated carbocycles. The number of aliphatic hydroxyl groups excluding tert-OH is 1. The molecule has 4 aromatic heterocycles. The lowest BCUT2D eigenvalue weighted by atomic mass is 10.3. The number of hydrogen-bond donors (Lipinski definition) is 3. The van der Waals surface area contributed by atoms with Crippen LogP contribution in [0.25, 0.3) is 22.6 Å². The summed E-state index contributed by atoms with van der Waals surface area (Å²) in [5.74, 6) is 3.16. The van der Waals surface area contributed by atoms with Gasteiger partial charge < -0.3 is 24.9 Å². The molecule has 0 unspecified atom stereocenters. The monoisotopic (exact) mass is 393 g/mol. The molecule has 0 aliphatic carbocycles. The molecule has 0 fully saturated rings. The summed E-state index contributed by atoms with van der Waals surface area (Å²) in [5, 5.41) is 15.9. The molecule has 4 heterocycles. The number of hydrogen-bond acceptors (Lipinski definition) is 8. The van der Waals surface area contributed by atoms with E-state index in [9.17, 15) is 5.11 Å². The third-order valence-electron chi connectivity index (χ3n) is 4.66. The standard InChI is InChI=1S/C19H23N9O/c1-11(2)28-13-7-16(22-8-12(13)24-17(28)10-29)25-15-5-6-21-18(26-15)14-9-23-19(20-3)27(14)4/h5-9,11,29H,10H2,1-4H3,(H,20,23)(H,21,22,25,26). The molecular formula is C19H23N9O. The van der Waals surface area contributed by atoms with E-state index >= 15 is 0 Å². The van der Waals surface area contributed by atoms with E-state index in [4.69, 9.17) is 0 Å². The van der Waals surface area contributed by atoms with Crippen molar-refractivity contribution in [3.05, 3.63) is 36.5 Å². The minimum atomic E-state index is -0.121. The van der Waals surface area contributed by atoms with Gasteiger partial charge in [0.2, 0.25) is 5.95 Å². The predicted molar refractivity (Wildman–Crippen MR) is 111 cm³/mol. The van der Waals surface area contributed by atoms with Gasteiger partial charge in [0.25, 0.3) is 0 Å². The van der Waals surface area contributed by atoms with Crippen molar-refractivity contribution in [2.75, 3.05) is 17.7 Å². The van der Waals surface area contributed by atoms with Crippen LogP contribution in [0.5, 0.6) is 0 Å². The Morgan fingerprint density at radius 2 is 1.93 bits per heavy atom. The molecule has 29 heavy (non-hydrogen) atoms. The summed E-state index contributed by atoms with van der Waals surface area (Å²) in [6.07, 6.45) is 5.11. The minimum absolute atomic E-state index is 0.121. The van der Waals surface area contributed by atoms with Crippen molar-refractivity contribution in [1.29, 1.82) is 0 Å². The number of aromatic nitrogens is 7. The summed E-state index contributed by atoms with van der Waals surface area (Å²) in [6.45, 7) is 3.99. The highest BCUT2D eigenvalue weighted by Crippen LogP contribution is 2.25. The second-order valence-electron chi connectivity index (χ2n) is 6.87. The highest BCUT2D eigenvalue weighted by molar-refractivity contribution is 5.79. The number of nitrogens with one attached hydrogen (secondary N) is 2. The zero-order valence-corrected chi connectivity index (χ0v) is 16.7. The largest absolute Gasteiger partial charge is 0.388 e. The summed E-state index contributed by atoms with van der Waals surface area (Å²) >= 11 is 0. The number of nitrogens with zero attached hydrogens (tertiary/aromatic N) is 7. The Labute approximate surface area is 167 Å². The summed E-state index contributed by atoms with van der Waals surface area (Å²) in [4.78, 5) is 22.1. The molecule has 0 aliphatic rings. The molecule has 10 nitrogen and oxygen atoms in total. The molecule has 0 aromatic carbocycles. The lowest BCUT2D eigenvalue weighted by Gasteiger charge is -2.12. The van der Waals surface area contributed by atoms with Crippen molar-refractivity contribution in [1.82, 2.24) is 34.1 Å². The minimum Gasteiger partial charge on any atom is -0.388 e. The fourth-order valence-electron chi connectivity index (χ4n) is 3.34. The number of aliphatic hydroxyl groups is 1. The van der Waals surface area contributed by atoms with Gasteiger partial charge in [-0.05, 0) is 19.9 Å². The van der Waals surface area contributed by atoms with Crippen LogP contribution in [0.15, 0.2) is 30.7 Å². The number of imidazole rings is 2. The maximum Gasteiger partial charge on any atom is 0.202 e. The molecule has 0 saturated heterocycles. The zero-order chi connectivity index (χ0) is 20.5. The van der Waals surface area contributed by atoms with Gasteiger partial charge in [-0.3, -0.25) is 0 Å². The zero-order valence-electron chi connectivity index (χ0n) is 16.7. The second-order valence-corrected chi connectivity index (χ2v) is 6.87. The van der Waals surface area contributed by atoms with Crippen LogP contribution in [0, 0.1) is 0 Å². The van der Waals surface area contributed by atoms with Crippen LogP contribution in [0.4, 0.5) is 17.6 Å². The van der Waals surface area contributed by atoms with Crippen molar-refractivity contribution in [2.45, 2.75) is 26.5 Å². The molecule has 0 spiro atoms. The maximum atomic E-state index is 9.61. The Morgan fingerprint density at radius 1 is 1.10 bits per heavy atom. The Kier molecular flexibility index (Phi) is 4.85. The predicted octanol–water partition coefficient (Wildman–Crippen LogP) is 2.48. The van der Waals surface area contributed by atoms with Crippen molar-refractivity contribution in [2.24, 2.45) is 7.05 Å². The van der Waals surface area contributed by atoms with E-state index < -0.39 is 0 Å². The van der Waals surface area contributed by atoms with Crippen molar-refractivity contribution >= 4 is 28.6 Å². The number of anilines is 3. The van der Waals surface area contributed by atoms with Crippen LogP contribution in [0.3, 0.4) is 0 Å². The van der Waals surface area contributed by atoms with E-state index in [-0.39, 0.29) is 12.6 Å². The van der Waals surface area contributed by atoms with Gasteiger partial charge in [0.1, 0.15) is 35.3 Å². The SMILES string of the molecule is CNc1ncc(-c2nccc(Nc3cc4c(cn3)nc(CO)n4C(C)C)n2)n1C. The van der Waals surface area contributed by atoms with Crippen molar-refractivity contribution in [3.63, 3.8) is 0 Å². The first-order chi connectivity index (χ1) is 14.0. The Balaban J connectivity index is 1.68. The van der Waals surface area contributed by atoms with Crippen LogP contribution in [0.1, 0.15) is 25.7 Å². The highest BCUT2D eigenvalue weighted by Gasteiger charge is 2.15. The maximum absolute atomic E-state index is 9.61. The molecule has 0 bridgehead atoms. The van der Waals surface area contributed by atoms with E-state index in [0.717, 1.165) is 22.7 Å². The molecule has 0 radical (unpaired) electrons. The summed E-state index contributed by atoms with van der Waals surface area (Å²) < 4.78 is 3.89. The molecule has 10 heteroatoms. The van der Waals surface area contributed by atoms with Crippen LogP contribution in [-0.4, -0.2) is 46.2 Å². The molecular weight excluding hydrogens is 370 g/mol. The average molecular weight is 393 g/mol. The van der Waals surface area contributed by atoms with Gasteiger partial charge in [-0.15, -0.1) is 0 Å². The quantitative estimate of drug-likeness (QED) is 0.457. The van der Waals surface area contributed by atoms with Gasteiger partial charge in [-0.25, -0.2) is 24.9 Å². The lowest BCUT2D eigenvalue weighted by molar-refractivity contribution is 0.263. The van der Waals surface area contributed by atoms with E-state index in [1.165, 1.54) is 0 Å². The first-order valence-electron chi connectivity index (χ1n) is 9.29. The molecule has 150 valence electrons. The van der Waals surface area contributed by atoms with Crippen LogP contribution in [-0.2, 0) is 13.7 Å². The molecule has 0 atom stereocenters. The van der Waals surface area contributed by atoms with Crippen molar-refractivity contribution < 1.29 is 5.11 Å². The fourth-order valence-corrected chi connectivity index (χ4v) is 3.34. The Morgan fingerprint density at radius 3 is 2.62 bits per heavy atom. The van der Waals surface area contributed by atoms with Crippen LogP contribution < -0.4 is 10.6 Å². The fraction of sp³-hybridized carbons (Fsp3) is 0.316. The summed E-state index contributed by atoms with van der Waals surface area (Å²) in [5.41, 5.74) is 2.44. The smallest absolute Gasteiger partial charge is 0.202 e. The molecule has 3 N–H and O–H groups in total. The average Bonchev–Trinajstić information content (AvgIpc) is 3.27. The van der Waals surface area contributed by atoms with Gasteiger partial charge >= 0.3 is 0 Å². The van der Waals surface area contributed by atoms with Gasteiger partial charge in [-0.1, -0.05) is 0 Å². The Hall–Kier alpha value is -3.53. The lowest BCUT2D eigenvalue weighted by Crippen LogP contribution is -2.06. The van der Waals surface area contributed by atoms with Gasteiger partial charge in [0.15, 0.2) is 5.82 Å². The Bertz CT molecular complexity index is 1160. The van der Waals surface area contributed by atoms with Gasteiger partial charge in [0.05, 0.1) is 17.9 Å². The topological polar surface area (TPSA) is 119 Å². The van der Waals surface area contributed by atoms with Gasteiger partial charge in [0, 0.05) is 32.4 Å². The van der Waals surface area contributed by atoms with E-state index in [2.05, 4.69) is 49.4 Å². The van der Waals surface area contributed by atoms with Crippen molar-refractivity contribution in [3.8, 4) is 11.5 Å². The summed E-state index contributed by atoms with van der Waals surface area (Å²) in [7, 11) is 3.72. The molecule has 4 aromatic rings. The second kappa shape index (κ2) is 7.47. The van der Waals surface area contributed by atoms with E-state index in [1.54, 1.807) is 24.7 Å². The van der Waals surface area contributed by atoms with E-state index in [0.29, 0.717) is 23.3 Å². The number of fused-ring (bicyclic) bond motifs is 1. The van der Waals surface area contributed by atoms with Crippen LogP contribution >= 0.6 is 0 Å². The third-order valence-corrected chi connectivity index (χ3v) is 4.66. The number of rotatable bonds is 6. The molecule has 0 aliphatic heterocycles. The van der Waals surface area contributed by atoms with Gasteiger partial charge in [-0.2, -0.15) is 0 Å². The first kappa shape index (κ1) is 18.8.